The van der Waals surface area contributed by atoms with Crippen molar-refractivity contribution in [1.82, 2.24) is 9.62 Å². The molecular weight excluding hydrogens is 314 g/mol. The Morgan fingerprint density at radius 3 is 2.43 bits per heavy atom. The van der Waals surface area contributed by atoms with Crippen LogP contribution in [-0.2, 0) is 14.8 Å². The van der Waals surface area contributed by atoms with E-state index in [1.54, 1.807) is 18.2 Å². The summed E-state index contributed by atoms with van der Waals surface area (Å²) in [6, 6.07) is 8.04. The third-order valence-electron chi connectivity index (χ3n) is 2.77. The molecule has 1 rings (SSSR count). The molecule has 0 atom stereocenters. The minimum Gasteiger partial charge on any atom is -0.355 e. The van der Waals surface area contributed by atoms with E-state index in [1.165, 1.54) is 19.2 Å². The second kappa shape index (κ2) is 9.73. The van der Waals surface area contributed by atoms with Gasteiger partial charge in [0.2, 0.25) is 15.9 Å². The third kappa shape index (κ3) is 6.43. The van der Waals surface area contributed by atoms with Crippen LogP contribution in [-0.4, -0.2) is 45.3 Å². The van der Waals surface area contributed by atoms with Gasteiger partial charge in [0.15, 0.2) is 0 Å². The van der Waals surface area contributed by atoms with Crippen LogP contribution in [0.25, 0.3) is 0 Å². The van der Waals surface area contributed by atoms with Crippen LogP contribution < -0.4 is 11.1 Å². The van der Waals surface area contributed by atoms with Crippen LogP contribution in [0.2, 0.25) is 0 Å². The quantitative estimate of drug-likeness (QED) is 0.680. The first-order valence-electron chi connectivity index (χ1n) is 6.46. The fourth-order valence-electron chi connectivity index (χ4n) is 1.61. The molecular formula is C13H22ClN3O3S. The van der Waals surface area contributed by atoms with Gasteiger partial charge in [-0.2, -0.15) is 4.31 Å². The van der Waals surface area contributed by atoms with Crippen LogP contribution in [0.3, 0.4) is 0 Å². The summed E-state index contributed by atoms with van der Waals surface area (Å²) in [7, 11) is -2.23. The van der Waals surface area contributed by atoms with Gasteiger partial charge in [0, 0.05) is 13.6 Å². The smallest absolute Gasteiger partial charge is 0.243 e. The van der Waals surface area contributed by atoms with Gasteiger partial charge in [-0.15, -0.1) is 12.4 Å². The lowest BCUT2D eigenvalue weighted by Gasteiger charge is -2.16. The standard InChI is InChI=1S/C13H21N3O3S.ClH/c1-16(11-13(17)15-10-6-5-9-14)20(18,19)12-7-3-2-4-8-12;/h2-4,7-8H,5-6,9-11,14H2,1H3,(H,15,17);1H. The van der Waals surface area contributed by atoms with E-state index < -0.39 is 10.0 Å². The van der Waals surface area contributed by atoms with E-state index in [-0.39, 0.29) is 29.8 Å². The number of benzene rings is 1. The molecule has 0 aliphatic carbocycles. The predicted octanol–water partition coefficient (Wildman–Crippen LogP) is 0.584. The number of likely N-dealkylation sites (N-methyl/N-ethyl adjacent to an activating group) is 1. The number of carbonyl (C=O) groups excluding carboxylic acids is 1. The van der Waals surface area contributed by atoms with E-state index in [1.807, 2.05) is 0 Å². The number of carbonyl (C=O) groups is 1. The molecule has 120 valence electrons. The number of sulfonamides is 1. The number of hydrogen-bond acceptors (Lipinski definition) is 4. The second-order valence-electron chi connectivity index (χ2n) is 4.42. The first-order chi connectivity index (χ1) is 9.48. The van der Waals surface area contributed by atoms with E-state index >= 15 is 0 Å². The molecule has 6 nitrogen and oxygen atoms in total. The Bertz CT molecular complexity index is 523. The predicted molar refractivity (Wildman–Crippen MR) is 84.8 cm³/mol. The molecule has 0 bridgehead atoms. The van der Waals surface area contributed by atoms with Crippen LogP contribution in [0.4, 0.5) is 0 Å². The fourth-order valence-corrected chi connectivity index (χ4v) is 2.76. The highest BCUT2D eigenvalue weighted by Gasteiger charge is 2.22. The van der Waals surface area contributed by atoms with Crippen molar-refractivity contribution in [2.24, 2.45) is 5.73 Å². The molecule has 0 heterocycles. The van der Waals surface area contributed by atoms with Gasteiger partial charge in [-0.1, -0.05) is 18.2 Å². The summed E-state index contributed by atoms with van der Waals surface area (Å²) in [4.78, 5) is 11.8. The molecule has 1 aromatic carbocycles. The normalized spacial score (nSPS) is 11.0. The lowest BCUT2D eigenvalue weighted by atomic mass is 10.3. The molecule has 0 unspecified atom stereocenters. The van der Waals surface area contributed by atoms with Gasteiger partial charge in [-0.05, 0) is 31.5 Å². The van der Waals surface area contributed by atoms with E-state index in [9.17, 15) is 13.2 Å². The number of rotatable bonds is 8. The molecule has 3 N–H and O–H groups in total. The molecule has 21 heavy (non-hydrogen) atoms. The van der Waals surface area contributed by atoms with Gasteiger partial charge in [0.05, 0.1) is 11.4 Å². The molecule has 0 aliphatic rings. The highest BCUT2D eigenvalue weighted by molar-refractivity contribution is 7.89. The van der Waals surface area contributed by atoms with Crippen LogP contribution in [0.5, 0.6) is 0 Å². The maximum atomic E-state index is 12.2. The van der Waals surface area contributed by atoms with Gasteiger partial charge < -0.3 is 11.1 Å². The van der Waals surface area contributed by atoms with Crippen molar-refractivity contribution in [3.63, 3.8) is 0 Å². The van der Waals surface area contributed by atoms with Crippen molar-refractivity contribution < 1.29 is 13.2 Å². The number of nitrogens with two attached hydrogens (primary N) is 1. The number of nitrogens with one attached hydrogen (secondary N) is 1. The average Bonchev–Trinajstić information content (AvgIpc) is 2.44. The Balaban J connectivity index is 0.00000400. The summed E-state index contributed by atoms with van der Waals surface area (Å²) in [6.07, 6.45) is 1.62. The summed E-state index contributed by atoms with van der Waals surface area (Å²) in [5, 5.41) is 2.67. The largest absolute Gasteiger partial charge is 0.355 e. The SMILES string of the molecule is CN(CC(=O)NCCCCN)S(=O)(=O)c1ccccc1.Cl. The number of hydrogen-bond donors (Lipinski definition) is 2. The zero-order valence-corrected chi connectivity index (χ0v) is 13.6. The molecule has 8 heteroatoms. The molecule has 0 spiro atoms. The summed E-state index contributed by atoms with van der Waals surface area (Å²) in [6.45, 7) is 0.896. The van der Waals surface area contributed by atoms with E-state index in [0.29, 0.717) is 13.1 Å². The molecule has 0 saturated carbocycles. The lowest BCUT2D eigenvalue weighted by Crippen LogP contribution is -2.38. The molecule has 0 radical (unpaired) electrons. The summed E-state index contributed by atoms with van der Waals surface area (Å²) >= 11 is 0. The van der Waals surface area contributed by atoms with Crippen molar-refractivity contribution in [2.75, 3.05) is 26.7 Å². The van der Waals surface area contributed by atoms with Crippen molar-refractivity contribution in [2.45, 2.75) is 17.7 Å². The van der Waals surface area contributed by atoms with Crippen molar-refractivity contribution >= 4 is 28.3 Å². The minimum atomic E-state index is -3.62. The maximum absolute atomic E-state index is 12.2. The number of amides is 1. The Morgan fingerprint density at radius 1 is 1.24 bits per heavy atom. The van der Waals surface area contributed by atoms with Crippen molar-refractivity contribution in [1.29, 1.82) is 0 Å². The first-order valence-corrected chi connectivity index (χ1v) is 7.90. The fraction of sp³-hybridized carbons (Fsp3) is 0.462. The molecule has 1 aromatic rings. The highest BCUT2D eigenvalue weighted by Crippen LogP contribution is 2.12. The number of halogens is 1. The van der Waals surface area contributed by atoms with Gasteiger partial charge in [-0.25, -0.2) is 8.42 Å². The van der Waals surface area contributed by atoms with Gasteiger partial charge in [0.25, 0.3) is 0 Å². The number of unbranched alkanes of at least 4 members (excludes halogenated alkanes) is 1. The molecule has 0 aromatic heterocycles. The van der Waals surface area contributed by atoms with Crippen molar-refractivity contribution in [3.8, 4) is 0 Å². The first kappa shape index (κ1) is 19.9. The monoisotopic (exact) mass is 335 g/mol. The van der Waals surface area contributed by atoms with Crippen LogP contribution in [0.1, 0.15) is 12.8 Å². The third-order valence-corrected chi connectivity index (χ3v) is 4.59. The van der Waals surface area contributed by atoms with Crippen LogP contribution >= 0.6 is 12.4 Å². The van der Waals surface area contributed by atoms with Gasteiger partial charge in [0.1, 0.15) is 0 Å². The van der Waals surface area contributed by atoms with E-state index in [0.717, 1.165) is 17.1 Å². The van der Waals surface area contributed by atoms with E-state index in [4.69, 9.17) is 5.73 Å². The molecule has 0 saturated heterocycles. The van der Waals surface area contributed by atoms with Crippen molar-refractivity contribution in [3.05, 3.63) is 30.3 Å². The summed E-state index contributed by atoms with van der Waals surface area (Å²) < 4.78 is 25.4. The lowest BCUT2D eigenvalue weighted by molar-refractivity contribution is -0.121. The second-order valence-corrected chi connectivity index (χ2v) is 6.46. The van der Waals surface area contributed by atoms with Crippen LogP contribution in [0, 0.1) is 0 Å². The Labute approximate surface area is 132 Å². The topological polar surface area (TPSA) is 92.5 Å². The summed E-state index contributed by atoms with van der Waals surface area (Å²) in [5.41, 5.74) is 5.35. The van der Waals surface area contributed by atoms with Crippen LogP contribution in [0.15, 0.2) is 35.2 Å². The van der Waals surface area contributed by atoms with E-state index in [2.05, 4.69) is 5.32 Å². The number of nitrogens with zero attached hydrogens (tertiary/aromatic N) is 1. The van der Waals surface area contributed by atoms with Gasteiger partial charge in [-0.3, -0.25) is 4.79 Å². The Morgan fingerprint density at radius 2 is 1.86 bits per heavy atom. The van der Waals surface area contributed by atoms with Gasteiger partial charge >= 0.3 is 0 Å². The average molecular weight is 336 g/mol. The zero-order valence-electron chi connectivity index (χ0n) is 12.0. The zero-order chi connectivity index (χ0) is 15.0. The molecule has 1 amide bonds. The highest BCUT2D eigenvalue weighted by atomic mass is 35.5. The Kier molecular flexibility index (Phi) is 9.19. The Hall–Kier alpha value is -1.15. The molecule has 0 fully saturated rings. The minimum absolute atomic E-state index is 0. The maximum Gasteiger partial charge on any atom is 0.243 e. The molecule has 0 aliphatic heterocycles. The summed E-state index contributed by atoms with van der Waals surface area (Å²) in [5.74, 6) is -0.316.